The largest absolute Gasteiger partial charge is 0.399 e. The molecule has 0 saturated heterocycles. The van der Waals surface area contributed by atoms with E-state index in [1.807, 2.05) is 31.3 Å². The maximum absolute atomic E-state index is 5.70. The van der Waals surface area contributed by atoms with E-state index in [2.05, 4.69) is 11.9 Å². The minimum atomic E-state index is 0.818. The highest BCUT2D eigenvalue weighted by atomic mass is 14.8. The highest BCUT2D eigenvalue weighted by Gasteiger charge is 1.99. The molecule has 0 aliphatic rings. The number of aryl methyl sites for hydroxylation is 1. The molecule has 0 amide bonds. The molecule has 0 spiro atoms. The van der Waals surface area contributed by atoms with Crippen molar-refractivity contribution in [3.8, 4) is 0 Å². The molecule has 1 aromatic rings. The first kappa shape index (κ1) is 9.65. The number of benzene rings is 1. The molecule has 0 radical (unpaired) electrons. The van der Waals surface area contributed by atoms with Crippen molar-refractivity contribution < 1.29 is 0 Å². The van der Waals surface area contributed by atoms with Crippen molar-refractivity contribution in [2.75, 3.05) is 18.1 Å². The van der Waals surface area contributed by atoms with Gasteiger partial charge in [-0.05, 0) is 36.6 Å². The fraction of sp³-hybridized carbons (Fsp3) is 0.273. The Morgan fingerprint density at radius 3 is 2.92 bits per heavy atom. The molecule has 0 aromatic heterocycles. The van der Waals surface area contributed by atoms with Crippen LogP contribution in [0.25, 0.3) is 0 Å². The zero-order valence-corrected chi connectivity index (χ0v) is 8.01. The summed E-state index contributed by atoms with van der Waals surface area (Å²) in [6, 6.07) is 5.92. The van der Waals surface area contributed by atoms with E-state index in [1.165, 1.54) is 5.56 Å². The number of rotatable bonds is 4. The molecule has 3 N–H and O–H groups in total. The Hall–Kier alpha value is -1.44. The highest BCUT2D eigenvalue weighted by Crippen LogP contribution is 2.19. The van der Waals surface area contributed by atoms with Gasteiger partial charge in [0.15, 0.2) is 0 Å². The second-order valence-corrected chi connectivity index (χ2v) is 2.99. The van der Waals surface area contributed by atoms with Crippen LogP contribution in [0.3, 0.4) is 0 Å². The summed E-state index contributed by atoms with van der Waals surface area (Å²) in [7, 11) is 1.92. The van der Waals surface area contributed by atoms with Gasteiger partial charge in [-0.25, -0.2) is 0 Å². The van der Waals surface area contributed by atoms with Gasteiger partial charge in [0.1, 0.15) is 0 Å². The third kappa shape index (κ3) is 2.51. The lowest BCUT2D eigenvalue weighted by molar-refractivity contribution is 1.01. The second kappa shape index (κ2) is 4.55. The lowest BCUT2D eigenvalue weighted by atomic mass is 10.1. The maximum atomic E-state index is 5.70. The number of hydrogen-bond acceptors (Lipinski definition) is 2. The van der Waals surface area contributed by atoms with E-state index >= 15 is 0 Å². The van der Waals surface area contributed by atoms with Crippen molar-refractivity contribution in [2.45, 2.75) is 12.8 Å². The first-order valence-corrected chi connectivity index (χ1v) is 4.45. The van der Waals surface area contributed by atoms with Crippen LogP contribution in [0.5, 0.6) is 0 Å². The van der Waals surface area contributed by atoms with Crippen LogP contribution in [0.2, 0.25) is 0 Å². The summed E-state index contributed by atoms with van der Waals surface area (Å²) in [4.78, 5) is 0. The third-order valence-electron chi connectivity index (χ3n) is 2.02. The van der Waals surface area contributed by atoms with Gasteiger partial charge in [-0.15, -0.1) is 6.58 Å². The summed E-state index contributed by atoms with van der Waals surface area (Å²) in [6.07, 6.45) is 3.89. The molecule has 13 heavy (non-hydrogen) atoms. The smallest absolute Gasteiger partial charge is 0.0371 e. The van der Waals surface area contributed by atoms with Crippen molar-refractivity contribution in [1.29, 1.82) is 0 Å². The zero-order valence-electron chi connectivity index (χ0n) is 8.01. The number of allylic oxidation sites excluding steroid dienone is 1. The first-order chi connectivity index (χ1) is 6.27. The molecular formula is C11H16N2. The third-order valence-corrected chi connectivity index (χ3v) is 2.02. The summed E-state index contributed by atoms with van der Waals surface area (Å²) in [5.41, 5.74) is 8.92. The molecule has 2 nitrogen and oxygen atoms in total. The lowest BCUT2D eigenvalue weighted by Crippen LogP contribution is -1.97. The monoisotopic (exact) mass is 176 g/mol. The summed E-state index contributed by atoms with van der Waals surface area (Å²) in [5, 5.41) is 3.14. The highest BCUT2D eigenvalue weighted by molar-refractivity contribution is 5.57. The zero-order chi connectivity index (χ0) is 9.68. The van der Waals surface area contributed by atoms with Crippen LogP contribution in [0, 0.1) is 0 Å². The number of nitrogens with one attached hydrogen (secondary N) is 1. The van der Waals surface area contributed by atoms with E-state index in [-0.39, 0.29) is 0 Å². The van der Waals surface area contributed by atoms with Crippen LogP contribution in [0.4, 0.5) is 11.4 Å². The standard InChI is InChI=1S/C11H16N2/c1-3-4-5-9-8-10(12)6-7-11(9)13-2/h3,6-8,13H,1,4-5,12H2,2H3. The summed E-state index contributed by atoms with van der Waals surface area (Å²) in [6.45, 7) is 3.70. The normalized spacial score (nSPS) is 9.62. The van der Waals surface area contributed by atoms with Crippen LogP contribution in [-0.2, 0) is 6.42 Å². The Kier molecular flexibility index (Phi) is 3.38. The van der Waals surface area contributed by atoms with Crippen molar-refractivity contribution in [3.63, 3.8) is 0 Å². The molecule has 1 rings (SSSR count). The van der Waals surface area contributed by atoms with E-state index < -0.39 is 0 Å². The lowest BCUT2D eigenvalue weighted by Gasteiger charge is -2.08. The molecule has 0 aliphatic heterocycles. The van der Waals surface area contributed by atoms with Gasteiger partial charge >= 0.3 is 0 Å². The number of nitrogen functional groups attached to an aromatic ring is 1. The number of hydrogen-bond donors (Lipinski definition) is 2. The molecule has 0 aliphatic carbocycles. The Balaban J connectivity index is 2.87. The van der Waals surface area contributed by atoms with Crippen molar-refractivity contribution in [1.82, 2.24) is 0 Å². The van der Waals surface area contributed by atoms with Gasteiger partial charge in [-0.1, -0.05) is 6.08 Å². The van der Waals surface area contributed by atoms with Gasteiger partial charge in [0, 0.05) is 18.4 Å². The fourth-order valence-corrected chi connectivity index (χ4v) is 1.32. The Morgan fingerprint density at radius 2 is 2.31 bits per heavy atom. The van der Waals surface area contributed by atoms with Crippen molar-refractivity contribution >= 4 is 11.4 Å². The minimum Gasteiger partial charge on any atom is -0.399 e. The van der Waals surface area contributed by atoms with Crippen molar-refractivity contribution in [3.05, 3.63) is 36.4 Å². The van der Waals surface area contributed by atoms with Gasteiger partial charge < -0.3 is 11.1 Å². The van der Waals surface area contributed by atoms with Crippen LogP contribution >= 0.6 is 0 Å². The van der Waals surface area contributed by atoms with Gasteiger partial charge in [0.05, 0.1) is 0 Å². The first-order valence-electron chi connectivity index (χ1n) is 4.45. The average Bonchev–Trinajstić information content (AvgIpc) is 2.15. The van der Waals surface area contributed by atoms with E-state index in [1.54, 1.807) is 0 Å². The molecule has 0 heterocycles. The summed E-state index contributed by atoms with van der Waals surface area (Å²) >= 11 is 0. The Bertz CT molecular complexity index is 292. The van der Waals surface area contributed by atoms with E-state index in [0.717, 1.165) is 24.2 Å². The van der Waals surface area contributed by atoms with E-state index in [4.69, 9.17) is 5.73 Å². The number of anilines is 2. The van der Waals surface area contributed by atoms with Gasteiger partial charge in [0.25, 0.3) is 0 Å². The van der Waals surface area contributed by atoms with E-state index in [9.17, 15) is 0 Å². The van der Waals surface area contributed by atoms with Crippen molar-refractivity contribution in [2.24, 2.45) is 0 Å². The summed E-state index contributed by atoms with van der Waals surface area (Å²) < 4.78 is 0. The molecule has 70 valence electrons. The topological polar surface area (TPSA) is 38.0 Å². The van der Waals surface area contributed by atoms with Gasteiger partial charge in [0.2, 0.25) is 0 Å². The predicted molar refractivity (Wildman–Crippen MR) is 58.9 cm³/mol. The molecule has 0 bridgehead atoms. The fourth-order valence-electron chi connectivity index (χ4n) is 1.32. The molecule has 0 saturated carbocycles. The molecular weight excluding hydrogens is 160 g/mol. The van der Waals surface area contributed by atoms with Crippen LogP contribution in [0.15, 0.2) is 30.9 Å². The minimum absolute atomic E-state index is 0.818. The molecule has 0 unspecified atom stereocenters. The predicted octanol–water partition coefficient (Wildman–Crippen LogP) is 2.43. The van der Waals surface area contributed by atoms with E-state index in [0.29, 0.717) is 0 Å². The van der Waals surface area contributed by atoms with Crippen LogP contribution in [0.1, 0.15) is 12.0 Å². The summed E-state index contributed by atoms with van der Waals surface area (Å²) in [5.74, 6) is 0. The quantitative estimate of drug-likeness (QED) is 0.546. The molecule has 2 heteroatoms. The SMILES string of the molecule is C=CCCc1cc(N)ccc1NC. The van der Waals surface area contributed by atoms with Crippen LogP contribution < -0.4 is 11.1 Å². The average molecular weight is 176 g/mol. The molecule has 0 fully saturated rings. The number of nitrogens with two attached hydrogens (primary N) is 1. The molecule has 0 atom stereocenters. The molecule has 1 aromatic carbocycles. The van der Waals surface area contributed by atoms with Gasteiger partial charge in [-0.3, -0.25) is 0 Å². The Morgan fingerprint density at radius 1 is 1.54 bits per heavy atom. The van der Waals surface area contributed by atoms with Crippen LogP contribution in [-0.4, -0.2) is 7.05 Å². The van der Waals surface area contributed by atoms with Gasteiger partial charge in [-0.2, -0.15) is 0 Å². The Labute approximate surface area is 79.5 Å². The maximum Gasteiger partial charge on any atom is 0.0371 e. The second-order valence-electron chi connectivity index (χ2n) is 2.99.